The molecular formula is C12H15N3O3S. The van der Waals surface area contributed by atoms with Crippen molar-refractivity contribution in [2.24, 2.45) is 0 Å². The highest BCUT2D eigenvalue weighted by Gasteiger charge is 2.22. The van der Waals surface area contributed by atoms with Crippen molar-refractivity contribution in [3.63, 3.8) is 0 Å². The minimum Gasteiger partial charge on any atom is -0.466 e. The van der Waals surface area contributed by atoms with Gasteiger partial charge in [-0.25, -0.2) is 9.78 Å². The van der Waals surface area contributed by atoms with Crippen LogP contribution in [-0.2, 0) is 9.53 Å². The zero-order valence-electron chi connectivity index (χ0n) is 10.5. The van der Waals surface area contributed by atoms with E-state index in [0.29, 0.717) is 11.7 Å². The number of thiazole rings is 1. The number of amides is 1. The molecule has 2 rings (SSSR count). The van der Waals surface area contributed by atoms with E-state index in [1.54, 1.807) is 5.38 Å². The number of carbonyl (C=O) groups is 2. The maximum Gasteiger partial charge on any atom is 0.330 e. The van der Waals surface area contributed by atoms with Gasteiger partial charge >= 0.3 is 5.97 Å². The van der Waals surface area contributed by atoms with Gasteiger partial charge < -0.3 is 15.4 Å². The second-order valence-electron chi connectivity index (χ2n) is 4.09. The molecule has 1 fully saturated rings. The van der Waals surface area contributed by atoms with Gasteiger partial charge in [0.1, 0.15) is 5.69 Å². The van der Waals surface area contributed by atoms with E-state index < -0.39 is 5.97 Å². The smallest absolute Gasteiger partial charge is 0.330 e. The predicted molar refractivity (Wildman–Crippen MR) is 72.2 cm³/mol. The van der Waals surface area contributed by atoms with Crippen LogP contribution in [0.2, 0.25) is 0 Å². The molecule has 0 aliphatic heterocycles. The first-order valence-electron chi connectivity index (χ1n) is 5.94. The largest absolute Gasteiger partial charge is 0.466 e. The molecule has 0 radical (unpaired) electrons. The number of methoxy groups -OCH3 is 1. The zero-order valence-corrected chi connectivity index (χ0v) is 11.3. The molecule has 0 saturated heterocycles. The molecule has 7 heteroatoms. The first-order chi connectivity index (χ1) is 9.19. The van der Waals surface area contributed by atoms with Gasteiger partial charge in [0.05, 0.1) is 7.11 Å². The fourth-order valence-electron chi connectivity index (χ4n) is 1.31. The van der Waals surface area contributed by atoms with E-state index in [1.165, 1.54) is 43.4 Å². The van der Waals surface area contributed by atoms with E-state index in [4.69, 9.17) is 0 Å². The van der Waals surface area contributed by atoms with Gasteiger partial charge in [0.2, 0.25) is 0 Å². The number of hydrogen-bond acceptors (Lipinski definition) is 6. The lowest BCUT2D eigenvalue weighted by molar-refractivity contribution is -0.134. The molecule has 0 bridgehead atoms. The Balaban J connectivity index is 1.77. The van der Waals surface area contributed by atoms with Gasteiger partial charge in [-0.15, -0.1) is 11.3 Å². The lowest BCUT2D eigenvalue weighted by Gasteiger charge is -1.99. The number of carbonyl (C=O) groups excluding carboxylic acids is 2. The van der Waals surface area contributed by atoms with Crippen molar-refractivity contribution in [2.45, 2.75) is 18.9 Å². The van der Waals surface area contributed by atoms with E-state index in [1.807, 2.05) is 0 Å². The number of anilines is 1. The monoisotopic (exact) mass is 281 g/mol. The number of esters is 1. The van der Waals surface area contributed by atoms with Crippen molar-refractivity contribution in [3.05, 3.63) is 23.2 Å². The second-order valence-corrected chi connectivity index (χ2v) is 4.95. The Hall–Kier alpha value is -1.89. The topological polar surface area (TPSA) is 80.3 Å². The second kappa shape index (κ2) is 6.33. The maximum absolute atomic E-state index is 11.7. The predicted octanol–water partition coefficient (Wildman–Crippen LogP) is 1.18. The molecule has 2 N–H and O–H groups in total. The van der Waals surface area contributed by atoms with Gasteiger partial charge in [0.15, 0.2) is 5.13 Å². The average Bonchev–Trinajstić information content (AvgIpc) is 3.09. The summed E-state index contributed by atoms with van der Waals surface area (Å²) in [4.78, 5) is 26.7. The fourth-order valence-corrected chi connectivity index (χ4v) is 2.08. The van der Waals surface area contributed by atoms with Crippen LogP contribution in [0.5, 0.6) is 0 Å². The van der Waals surface area contributed by atoms with Crippen LogP contribution in [0.25, 0.3) is 0 Å². The minimum atomic E-state index is -0.446. The van der Waals surface area contributed by atoms with E-state index in [2.05, 4.69) is 20.4 Å². The van der Waals surface area contributed by atoms with Gasteiger partial charge in [0, 0.05) is 24.0 Å². The Morgan fingerprint density at radius 3 is 3.05 bits per heavy atom. The molecule has 19 heavy (non-hydrogen) atoms. The lowest BCUT2D eigenvalue weighted by atomic mass is 10.4. The average molecular weight is 281 g/mol. The SMILES string of the molecule is COC(=O)/C=C/CNC(=O)c1csc(NC2CC2)n1. The third kappa shape index (κ3) is 4.36. The van der Waals surface area contributed by atoms with Crippen LogP contribution >= 0.6 is 11.3 Å². The number of rotatable bonds is 6. The van der Waals surface area contributed by atoms with Crippen molar-refractivity contribution >= 4 is 28.3 Å². The lowest BCUT2D eigenvalue weighted by Crippen LogP contribution is -2.23. The van der Waals surface area contributed by atoms with E-state index in [-0.39, 0.29) is 12.5 Å². The van der Waals surface area contributed by atoms with Crippen LogP contribution < -0.4 is 10.6 Å². The number of nitrogens with zero attached hydrogens (tertiary/aromatic N) is 1. The fraction of sp³-hybridized carbons (Fsp3) is 0.417. The van der Waals surface area contributed by atoms with Gasteiger partial charge in [-0.2, -0.15) is 0 Å². The molecule has 1 aliphatic carbocycles. The van der Waals surface area contributed by atoms with Crippen molar-refractivity contribution in [3.8, 4) is 0 Å². The summed E-state index contributed by atoms with van der Waals surface area (Å²) in [7, 11) is 1.30. The molecular weight excluding hydrogens is 266 g/mol. The summed E-state index contributed by atoms with van der Waals surface area (Å²) in [6.45, 7) is 0.261. The van der Waals surface area contributed by atoms with Crippen LogP contribution in [0, 0.1) is 0 Å². The molecule has 0 unspecified atom stereocenters. The van der Waals surface area contributed by atoms with Gasteiger partial charge in [-0.05, 0) is 12.8 Å². The molecule has 0 spiro atoms. The van der Waals surface area contributed by atoms with E-state index >= 15 is 0 Å². The number of hydrogen-bond donors (Lipinski definition) is 2. The Morgan fingerprint density at radius 2 is 2.37 bits per heavy atom. The van der Waals surface area contributed by atoms with Crippen LogP contribution in [0.1, 0.15) is 23.3 Å². The summed E-state index contributed by atoms with van der Waals surface area (Å²) in [5, 5.41) is 8.36. The Bertz CT molecular complexity index is 494. The van der Waals surface area contributed by atoms with E-state index in [9.17, 15) is 9.59 Å². The summed E-state index contributed by atoms with van der Waals surface area (Å²) >= 11 is 1.42. The quantitative estimate of drug-likeness (QED) is 0.604. The van der Waals surface area contributed by atoms with Crippen LogP contribution in [-0.4, -0.2) is 36.6 Å². The molecule has 1 heterocycles. The van der Waals surface area contributed by atoms with Gasteiger partial charge in [-0.1, -0.05) is 6.08 Å². The highest BCUT2D eigenvalue weighted by Crippen LogP contribution is 2.26. The molecule has 1 saturated carbocycles. The van der Waals surface area contributed by atoms with Crippen LogP contribution in [0.15, 0.2) is 17.5 Å². The molecule has 1 aliphatic rings. The third-order valence-corrected chi connectivity index (χ3v) is 3.25. The van der Waals surface area contributed by atoms with Crippen LogP contribution in [0.3, 0.4) is 0 Å². The summed E-state index contributed by atoms with van der Waals surface area (Å²) in [5.41, 5.74) is 0.389. The summed E-state index contributed by atoms with van der Waals surface area (Å²) in [6, 6.07) is 0.519. The van der Waals surface area contributed by atoms with Crippen LogP contribution in [0.4, 0.5) is 5.13 Å². The van der Waals surface area contributed by atoms with Crippen molar-refractivity contribution in [1.82, 2.24) is 10.3 Å². The molecule has 6 nitrogen and oxygen atoms in total. The standard InChI is InChI=1S/C12H15N3O3S/c1-18-10(16)3-2-6-13-11(17)9-7-19-12(15-9)14-8-4-5-8/h2-3,7-8H,4-6H2,1H3,(H,13,17)(H,14,15)/b3-2+. The van der Waals surface area contributed by atoms with Crippen molar-refractivity contribution in [1.29, 1.82) is 0 Å². The van der Waals surface area contributed by atoms with Gasteiger partial charge in [-0.3, -0.25) is 4.79 Å². The summed E-state index contributed by atoms with van der Waals surface area (Å²) in [6.07, 6.45) is 5.12. The molecule has 0 aromatic carbocycles. The Kier molecular flexibility index (Phi) is 4.51. The van der Waals surface area contributed by atoms with Crippen molar-refractivity contribution in [2.75, 3.05) is 19.0 Å². The molecule has 1 aromatic rings. The normalized spacial score (nSPS) is 14.4. The third-order valence-electron chi connectivity index (χ3n) is 2.48. The summed E-state index contributed by atoms with van der Waals surface area (Å²) in [5.74, 6) is -0.701. The molecule has 1 amide bonds. The molecule has 102 valence electrons. The first-order valence-corrected chi connectivity index (χ1v) is 6.81. The zero-order chi connectivity index (χ0) is 13.7. The maximum atomic E-state index is 11.7. The molecule has 1 aromatic heterocycles. The first kappa shape index (κ1) is 13.5. The van der Waals surface area contributed by atoms with Crippen molar-refractivity contribution < 1.29 is 14.3 Å². The molecule has 0 atom stereocenters. The number of ether oxygens (including phenoxy) is 1. The summed E-state index contributed by atoms with van der Waals surface area (Å²) < 4.78 is 4.43. The Morgan fingerprint density at radius 1 is 1.58 bits per heavy atom. The number of aromatic nitrogens is 1. The highest BCUT2D eigenvalue weighted by atomic mass is 32.1. The van der Waals surface area contributed by atoms with E-state index in [0.717, 1.165) is 5.13 Å². The minimum absolute atomic E-state index is 0.255. The Labute approximate surface area is 114 Å². The van der Waals surface area contributed by atoms with Gasteiger partial charge in [0.25, 0.3) is 5.91 Å². The highest BCUT2D eigenvalue weighted by molar-refractivity contribution is 7.13. The number of nitrogens with one attached hydrogen (secondary N) is 2.